The summed E-state index contributed by atoms with van der Waals surface area (Å²) in [7, 11) is 0. The molecule has 106 valence electrons. The zero-order valence-electron chi connectivity index (χ0n) is 11.9. The minimum Gasteiger partial charge on any atom is -0.481 e. The Hall–Kier alpha value is -0.0369. The van der Waals surface area contributed by atoms with E-state index in [-0.39, 0.29) is 26.2 Å². The fraction of sp³-hybridized carbons (Fsp3) is 0.733. The second-order valence-corrected chi connectivity index (χ2v) is 4.26. The van der Waals surface area contributed by atoms with Crippen LogP contribution in [0.5, 0.6) is 0 Å². The van der Waals surface area contributed by atoms with Gasteiger partial charge in [0.15, 0.2) is 0 Å². The number of aliphatic carboxylic acids is 1. The van der Waals surface area contributed by atoms with Gasteiger partial charge in [0.25, 0.3) is 0 Å². The van der Waals surface area contributed by atoms with Gasteiger partial charge in [-0.2, -0.15) is 0 Å². The van der Waals surface area contributed by atoms with Crippen molar-refractivity contribution in [3.05, 3.63) is 19.6 Å². The van der Waals surface area contributed by atoms with Crippen molar-refractivity contribution in [3.63, 3.8) is 0 Å². The molecule has 0 saturated heterocycles. The average molecular weight is 333 g/mol. The van der Waals surface area contributed by atoms with Crippen molar-refractivity contribution in [2.24, 2.45) is 0 Å². The van der Waals surface area contributed by atoms with Gasteiger partial charge >= 0.3 is 5.97 Å². The van der Waals surface area contributed by atoms with E-state index in [0.29, 0.717) is 6.42 Å². The number of carbonyl (C=O) groups is 1. The smallest absolute Gasteiger partial charge is 0.303 e. The van der Waals surface area contributed by atoms with Crippen LogP contribution < -0.4 is 0 Å². The molecule has 0 aliphatic heterocycles. The van der Waals surface area contributed by atoms with Crippen molar-refractivity contribution >= 4 is 5.97 Å². The molecule has 0 aliphatic carbocycles. The van der Waals surface area contributed by atoms with Crippen molar-refractivity contribution in [1.29, 1.82) is 0 Å². The molecule has 0 aromatic rings. The fourth-order valence-electron chi connectivity index (χ4n) is 1.59. The molecular formula is C15H29O2Zr-. The zero-order chi connectivity index (χ0) is 13.4. The molecule has 1 N–H and O–H groups in total. The molecule has 0 aromatic heterocycles. The van der Waals surface area contributed by atoms with E-state index < -0.39 is 5.97 Å². The molecule has 0 aliphatic rings. The Bertz CT molecular complexity index is 170. The Labute approximate surface area is 132 Å². The summed E-state index contributed by atoms with van der Waals surface area (Å²) in [6.07, 6.45) is 13.0. The normalized spacial score (nSPS) is 8.72. The van der Waals surface area contributed by atoms with Gasteiger partial charge in [0.05, 0.1) is 0 Å². The molecule has 0 heterocycles. The largest absolute Gasteiger partial charge is 0.481 e. The molecule has 0 aromatic carbocycles. The van der Waals surface area contributed by atoms with Crippen molar-refractivity contribution < 1.29 is 36.1 Å². The standard InChI is InChI=1S/C12H24O2.C3H5.Zr/c1-2-3-4-5-6-7-8-9-10-11-12(13)14;1-3-2;/h2-11H2,1H3,(H,13,14);3H,1-2H2;/q;-1;. The number of hydrogen-bond donors (Lipinski definition) is 1. The summed E-state index contributed by atoms with van der Waals surface area (Å²) in [5.74, 6) is -0.659. The van der Waals surface area contributed by atoms with Crippen molar-refractivity contribution in [2.45, 2.75) is 71.1 Å². The third-order valence-corrected chi connectivity index (χ3v) is 2.49. The first-order valence-electron chi connectivity index (χ1n) is 6.80. The van der Waals surface area contributed by atoms with Crippen LogP contribution in [0.15, 0.2) is 12.7 Å². The Morgan fingerprint density at radius 2 is 1.39 bits per heavy atom. The predicted octanol–water partition coefficient (Wildman–Crippen LogP) is 5.00. The number of hydrogen-bond acceptors (Lipinski definition) is 1. The molecule has 0 bridgehead atoms. The maximum Gasteiger partial charge on any atom is 0.303 e. The summed E-state index contributed by atoms with van der Waals surface area (Å²) in [5.41, 5.74) is 0. The first kappa shape index (κ1) is 23.1. The summed E-state index contributed by atoms with van der Waals surface area (Å²) < 4.78 is 0. The van der Waals surface area contributed by atoms with E-state index in [9.17, 15) is 4.79 Å². The van der Waals surface area contributed by atoms with Gasteiger partial charge in [-0.25, -0.2) is 19.6 Å². The fourth-order valence-corrected chi connectivity index (χ4v) is 1.59. The zero-order valence-corrected chi connectivity index (χ0v) is 14.4. The van der Waals surface area contributed by atoms with E-state index in [1.165, 1.54) is 51.0 Å². The van der Waals surface area contributed by atoms with E-state index in [4.69, 9.17) is 5.11 Å². The summed E-state index contributed by atoms with van der Waals surface area (Å²) in [6.45, 7) is 8.73. The molecule has 3 heteroatoms. The second kappa shape index (κ2) is 22.2. The summed E-state index contributed by atoms with van der Waals surface area (Å²) in [6, 6.07) is 0. The molecule has 0 rings (SSSR count). The summed E-state index contributed by atoms with van der Waals surface area (Å²) in [4.78, 5) is 10.2. The quantitative estimate of drug-likeness (QED) is 0.452. The van der Waals surface area contributed by atoms with Crippen LogP contribution in [0.25, 0.3) is 0 Å². The molecule has 18 heavy (non-hydrogen) atoms. The van der Waals surface area contributed by atoms with Crippen LogP contribution >= 0.6 is 0 Å². The van der Waals surface area contributed by atoms with E-state index in [1.54, 1.807) is 0 Å². The number of unbranched alkanes of at least 4 members (excludes halogenated alkanes) is 8. The van der Waals surface area contributed by atoms with E-state index in [2.05, 4.69) is 20.4 Å². The molecule has 0 saturated carbocycles. The van der Waals surface area contributed by atoms with Gasteiger partial charge in [0.1, 0.15) is 0 Å². The minimum absolute atomic E-state index is 0. The Kier molecular flexibility index (Phi) is 28.4. The molecule has 0 atom stereocenters. The predicted molar refractivity (Wildman–Crippen MR) is 75.0 cm³/mol. The third kappa shape index (κ3) is 29.7. The molecule has 2 nitrogen and oxygen atoms in total. The Balaban J connectivity index is -0.000000507. The van der Waals surface area contributed by atoms with Crippen LogP contribution in [-0.2, 0) is 31.0 Å². The minimum atomic E-state index is -0.659. The molecule has 0 fully saturated rings. The van der Waals surface area contributed by atoms with Gasteiger partial charge in [-0.1, -0.05) is 58.3 Å². The van der Waals surface area contributed by atoms with Crippen LogP contribution in [0.2, 0.25) is 0 Å². The topological polar surface area (TPSA) is 37.3 Å². The van der Waals surface area contributed by atoms with Gasteiger partial charge in [0.2, 0.25) is 0 Å². The van der Waals surface area contributed by atoms with Crippen LogP contribution in [0.1, 0.15) is 71.1 Å². The van der Waals surface area contributed by atoms with Gasteiger partial charge in [-0.15, -0.1) is 0 Å². The van der Waals surface area contributed by atoms with Gasteiger partial charge in [-0.3, -0.25) is 4.79 Å². The molecule has 0 unspecified atom stereocenters. The van der Waals surface area contributed by atoms with Crippen molar-refractivity contribution in [1.82, 2.24) is 0 Å². The first-order valence-corrected chi connectivity index (χ1v) is 6.80. The number of allylic oxidation sites excluding steroid dienone is 1. The average Bonchev–Trinajstić information content (AvgIpc) is 2.27. The molecule has 0 spiro atoms. The van der Waals surface area contributed by atoms with Crippen LogP contribution in [0.3, 0.4) is 0 Å². The first-order chi connectivity index (χ1) is 8.18. The molecule has 0 amide bonds. The summed E-state index contributed by atoms with van der Waals surface area (Å²) >= 11 is 0. The molecule has 0 radical (unpaired) electrons. The van der Waals surface area contributed by atoms with Gasteiger partial charge in [-0.05, 0) is 6.42 Å². The monoisotopic (exact) mass is 331 g/mol. The number of carboxylic acids is 1. The van der Waals surface area contributed by atoms with Gasteiger partial charge < -0.3 is 5.11 Å². The third-order valence-electron chi connectivity index (χ3n) is 2.49. The maximum atomic E-state index is 10.2. The van der Waals surface area contributed by atoms with Crippen molar-refractivity contribution in [2.75, 3.05) is 0 Å². The second-order valence-electron chi connectivity index (χ2n) is 4.26. The van der Waals surface area contributed by atoms with Crippen LogP contribution in [-0.4, -0.2) is 11.1 Å². The van der Waals surface area contributed by atoms with Crippen LogP contribution in [0, 0.1) is 6.92 Å². The maximum absolute atomic E-state index is 10.2. The van der Waals surface area contributed by atoms with E-state index in [0.717, 1.165) is 12.8 Å². The van der Waals surface area contributed by atoms with Crippen LogP contribution in [0.4, 0.5) is 0 Å². The number of rotatable bonds is 10. The van der Waals surface area contributed by atoms with E-state index >= 15 is 0 Å². The molecular weight excluding hydrogens is 303 g/mol. The Morgan fingerprint density at radius 1 is 1.06 bits per heavy atom. The Morgan fingerprint density at radius 3 is 1.72 bits per heavy atom. The number of carboxylic acid groups (broad SMARTS) is 1. The van der Waals surface area contributed by atoms with Gasteiger partial charge in [0, 0.05) is 32.6 Å². The summed E-state index contributed by atoms with van der Waals surface area (Å²) in [5, 5.41) is 8.41. The van der Waals surface area contributed by atoms with E-state index in [1.807, 2.05) is 0 Å². The SMILES string of the molecule is C=C[CH2-].CCCCCCCCCCCC(=O)O.[Zr]. The van der Waals surface area contributed by atoms with Crippen molar-refractivity contribution in [3.8, 4) is 0 Å².